The molecule has 5 heterocycles. The summed E-state index contributed by atoms with van der Waals surface area (Å²) in [6.45, 7) is 4.49. The maximum Gasteiger partial charge on any atom is 0.118 e. The number of aryl methyl sites for hydroxylation is 2. The normalized spacial score (nSPS) is 12.1. The summed E-state index contributed by atoms with van der Waals surface area (Å²) in [5, 5.41) is 10.2. The molecule has 7 rings (SSSR count). The summed E-state index contributed by atoms with van der Waals surface area (Å²) in [6.07, 6.45) is 17.4. The Bertz CT molecular complexity index is 2180. The highest BCUT2D eigenvalue weighted by Crippen LogP contribution is 2.36. The van der Waals surface area contributed by atoms with Gasteiger partial charge in [0.25, 0.3) is 0 Å². The van der Waals surface area contributed by atoms with Gasteiger partial charge in [0.15, 0.2) is 0 Å². The van der Waals surface area contributed by atoms with Crippen LogP contribution in [0.4, 0.5) is 0 Å². The Labute approximate surface area is 288 Å². The second kappa shape index (κ2) is 14.4. The number of benzene rings is 2. The molecule has 0 atom stereocenters. The number of H-pyrrole nitrogens is 2. The van der Waals surface area contributed by atoms with Crippen LogP contribution in [0.1, 0.15) is 86.3 Å². The smallest absolute Gasteiger partial charge is 0.118 e. The molecular formula is C43H44N4O2. The Balaban J connectivity index is 1.59. The van der Waals surface area contributed by atoms with Crippen LogP contribution in [0.15, 0.2) is 72.8 Å². The van der Waals surface area contributed by atoms with Crippen molar-refractivity contribution < 1.29 is 9.84 Å². The molecule has 49 heavy (non-hydrogen) atoms. The van der Waals surface area contributed by atoms with Crippen molar-refractivity contribution in [2.75, 3.05) is 7.11 Å². The summed E-state index contributed by atoms with van der Waals surface area (Å²) in [5.41, 5.74) is 14.4. The van der Waals surface area contributed by atoms with Crippen LogP contribution in [-0.4, -0.2) is 32.2 Å². The minimum Gasteiger partial charge on any atom is -0.508 e. The lowest BCUT2D eigenvalue weighted by Crippen LogP contribution is -1.94. The van der Waals surface area contributed by atoms with Crippen LogP contribution in [0.5, 0.6) is 11.5 Å². The van der Waals surface area contributed by atoms with Crippen LogP contribution in [-0.2, 0) is 12.8 Å². The van der Waals surface area contributed by atoms with Crippen molar-refractivity contribution in [3.05, 3.63) is 107 Å². The van der Waals surface area contributed by atoms with E-state index >= 15 is 0 Å². The number of nitrogens with zero attached hydrogens (tertiary/aromatic N) is 2. The first-order valence-electron chi connectivity index (χ1n) is 17.6. The number of ether oxygens (including phenoxy) is 1. The van der Waals surface area contributed by atoms with E-state index < -0.39 is 0 Å². The van der Waals surface area contributed by atoms with Gasteiger partial charge in [-0.2, -0.15) is 0 Å². The van der Waals surface area contributed by atoms with Gasteiger partial charge in [-0.05, 0) is 110 Å². The van der Waals surface area contributed by atoms with Crippen molar-refractivity contribution in [2.45, 2.75) is 65.2 Å². The van der Waals surface area contributed by atoms with Crippen molar-refractivity contribution in [3.8, 4) is 33.8 Å². The largest absolute Gasteiger partial charge is 0.508 e. The molecule has 6 nitrogen and oxygen atoms in total. The number of methoxy groups -OCH3 is 1. The third-order valence-electron chi connectivity index (χ3n) is 9.57. The van der Waals surface area contributed by atoms with Gasteiger partial charge in [-0.15, -0.1) is 0 Å². The van der Waals surface area contributed by atoms with E-state index in [1.165, 1.54) is 30.4 Å². The SMILES string of the molecule is CCCCCCc1c2nc(c(CCCC)c3ccc([nH]3)c(-c3ccc(OC)cc3)c3nc(c(-c4ccc(O)cc4)c4ccc1[nH]4)C=C3)C=C2. The molecule has 8 bridgehead atoms. The zero-order valence-corrected chi connectivity index (χ0v) is 28.6. The van der Waals surface area contributed by atoms with E-state index in [0.717, 1.165) is 105 Å². The monoisotopic (exact) mass is 648 g/mol. The van der Waals surface area contributed by atoms with E-state index in [9.17, 15) is 5.11 Å². The molecule has 2 aromatic carbocycles. The molecule has 0 saturated carbocycles. The minimum absolute atomic E-state index is 0.231. The van der Waals surface area contributed by atoms with E-state index in [0.29, 0.717) is 0 Å². The van der Waals surface area contributed by atoms with Crippen molar-refractivity contribution in [1.82, 2.24) is 19.9 Å². The highest BCUT2D eigenvalue weighted by molar-refractivity contribution is 5.96. The summed E-state index contributed by atoms with van der Waals surface area (Å²) in [5.74, 6) is 1.04. The summed E-state index contributed by atoms with van der Waals surface area (Å²) in [6, 6.07) is 24.3. The van der Waals surface area contributed by atoms with Gasteiger partial charge in [-0.25, -0.2) is 9.97 Å². The Morgan fingerprint density at radius 1 is 0.531 bits per heavy atom. The Morgan fingerprint density at radius 2 is 1.00 bits per heavy atom. The number of phenols is 1. The van der Waals surface area contributed by atoms with Crippen LogP contribution in [0.2, 0.25) is 0 Å². The number of hydrogen-bond acceptors (Lipinski definition) is 4. The van der Waals surface area contributed by atoms with Gasteiger partial charge < -0.3 is 19.8 Å². The molecule has 6 heteroatoms. The highest BCUT2D eigenvalue weighted by Gasteiger charge is 2.18. The molecule has 3 N–H and O–H groups in total. The lowest BCUT2D eigenvalue weighted by molar-refractivity contribution is 0.415. The molecule has 0 aliphatic carbocycles. The molecule has 0 radical (unpaired) electrons. The van der Waals surface area contributed by atoms with Crippen molar-refractivity contribution in [3.63, 3.8) is 0 Å². The van der Waals surface area contributed by atoms with E-state index in [1.54, 1.807) is 19.2 Å². The fourth-order valence-electron chi connectivity index (χ4n) is 6.92. The van der Waals surface area contributed by atoms with Gasteiger partial charge in [-0.1, -0.05) is 63.8 Å². The number of phenolic OH excluding ortho intramolecular Hbond substituents is 1. The van der Waals surface area contributed by atoms with E-state index in [2.05, 4.69) is 84.5 Å². The number of aromatic amines is 2. The van der Waals surface area contributed by atoms with Crippen LogP contribution in [0, 0.1) is 0 Å². The molecule has 0 saturated heterocycles. The molecule has 248 valence electrons. The average molecular weight is 649 g/mol. The number of rotatable bonds is 11. The summed E-state index contributed by atoms with van der Waals surface area (Å²) < 4.78 is 5.49. The first-order valence-corrected chi connectivity index (χ1v) is 17.6. The van der Waals surface area contributed by atoms with Gasteiger partial charge in [0.05, 0.1) is 29.9 Å². The van der Waals surface area contributed by atoms with E-state index in [-0.39, 0.29) is 5.75 Å². The number of fused-ring (bicyclic) bond motifs is 8. The third kappa shape index (κ3) is 6.68. The number of nitrogens with one attached hydrogen (secondary N) is 2. The van der Waals surface area contributed by atoms with E-state index in [4.69, 9.17) is 14.7 Å². The average Bonchev–Trinajstić information content (AvgIpc) is 3.96. The van der Waals surface area contributed by atoms with Gasteiger partial charge in [0.1, 0.15) is 11.5 Å². The van der Waals surface area contributed by atoms with Gasteiger partial charge in [0, 0.05) is 44.3 Å². The van der Waals surface area contributed by atoms with E-state index in [1.807, 2.05) is 24.3 Å². The van der Waals surface area contributed by atoms with Crippen LogP contribution in [0.25, 0.3) is 68.6 Å². The highest BCUT2D eigenvalue weighted by atomic mass is 16.5. The lowest BCUT2D eigenvalue weighted by Gasteiger charge is -2.07. The maximum atomic E-state index is 10.2. The third-order valence-corrected chi connectivity index (χ3v) is 9.57. The van der Waals surface area contributed by atoms with Crippen molar-refractivity contribution in [2.24, 2.45) is 0 Å². The van der Waals surface area contributed by atoms with Gasteiger partial charge in [0.2, 0.25) is 0 Å². The Kier molecular flexibility index (Phi) is 9.47. The number of hydrogen-bond donors (Lipinski definition) is 3. The number of aromatic nitrogens is 4. The Morgan fingerprint density at radius 3 is 1.53 bits per heavy atom. The number of unbranched alkanes of at least 4 members (excludes halogenated alkanes) is 4. The van der Waals surface area contributed by atoms with Crippen molar-refractivity contribution in [1.29, 1.82) is 0 Å². The minimum atomic E-state index is 0.231. The molecule has 0 unspecified atom stereocenters. The van der Waals surface area contributed by atoms with Crippen LogP contribution >= 0.6 is 0 Å². The molecule has 0 fully saturated rings. The molecule has 0 spiro atoms. The number of aromatic hydroxyl groups is 1. The second-order valence-corrected chi connectivity index (χ2v) is 12.9. The molecule has 2 aliphatic heterocycles. The first kappa shape index (κ1) is 32.2. The summed E-state index contributed by atoms with van der Waals surface area (Å²) in [7, 11) is 1.69. The quantitative estimate of drug-likeness (QED) is 0.122. The first-order chi connectivity index (χ1) is 24.1. The second-order valence-electron chi connectivity index (χ2n) is 12.9. The standard InChI is InChI=1S/C43H44N4O2/c1-4-6-8-9-11-33-35-21-20-34(44-35)32(10-7-5-2)36-22-24-39(45-36)43(29-14-18-31(49-3)19-15-29)41-27-26-40(47-41)42(38-25-23-37(33)46-38)28-12-16-30(48)17-13-28/h12-27,45-46,48H,4-11H2,1-3H3. The zero-order chi connectivity index (χ0) is 33.7. The fraction of sp³-hybridized carbons (Fsp3) is 0.256. The molecule has 0 amide bonds. The van der Waals surface area contributed by atoms with Crippen LogP contribution in [0.3, 0.4) is 0 Å². The fourth-order valence-corrected chi connectivity index (χ4v) is 6.92. The van der Waals surface area contributed by atoms with Gasteiger partial charge >= 0.3 is 0 Å². The summed E-state index contributed by atoms with van der Waals surface area (Å²) in [4.78, 5) is 18.3. The topological polar surface area (TPSA) is 86.8 Å². The zero-order valence-electron chi connectivity index (χ0n) is 28.6. The predicted octanol–water partition coefficient (Wildman–Crippen LogP) is 11.2. The molecule has 2 aliphatic rings. The van der Waals surface area contributed by atoms with Crippen molar-refractivity contribution >= 4 is 46.4 Å². The summed E-state index contributed by atoms with van der Waals surface area (Å²) >= 11 is 0. The van der Waals surface area contributed by atoms with Crippen LogP contribution < -0.4 is 4.74 Å². The lowest BCUT2D eigenvalue weighted by atomic mass is 10.0. The molecule has 3 aromatic heterocycles. The predicted molar refractivity (Wildman–Crippen MR) is 204 cm³/mol. The molecular weight excluding hydrogens is 604 g/mol. The maximum absolute atomic E-state index is 10.2. The molecule has 5 aromatic rings. The van der Waals surface area contributed by atoms with Gasteiger partial charge in [-0.3, -0.25) is 0 Å². The Hall–Kier alpha value is -5.36.